The maximum Gasteiger partial charge on any atom is 0.319 e. The number of hydrogen-bond acceptors (Lipinski definition) is 6. The fourth-order valence-corrected chi connectivity index (χ4v) is 2.25. The number of aromatic nitrogens is 4. The molecule has 1 atom stereocenters. The van der Waals surface area contributed by atoms with Gasteiger partial charge < -0.3 is 15.4 Å². The lowest BCUT2D eigenvalue weighted by Crippen LogP contribution is -2.31. The average Bonchev–Trinajstić information content (AvgIpc) is 3.10. The van der Waals surface area contributed by atoms with Gasteiger partial charge in [0.2, 0.25) is 5.88 Å². The first kappa shape index (κ1) is 17.9. The molecule has 0 saturated heterocycles. The summed E-state index contributed by atoms with van der Waals surface area (Å²) in [7, 11) is 0. The van der Waals surface area contributed by atoms with Crippen LogP contribution in [0.1, 0.15) is 30.2 Å². The molecule has 0 radical (unpaired) electrons. The molecule has 3 rings (SSSR count). The van der Waals surface area contributed by atoms with Gasteiger partial charge in [-0.3, -0.25) is 5.10 Å². The van der Waals surface area contributed by atoms with Crippen molar-refractivity contribution in [2.75, 3.05) is 5.32 Å². The molecule has 2 amide bonds. The molecule has 3 N–H and O–H groups in total. The number of H-pyrrole nitrogens is 1. The van der Waals surface area contributed by atoms with E-state index < -0.39 is 6.03 Å². The molecule has 0 bridgehead atoms. The third-order valence-electron chi connectivity index (χ3n) is 3.53. The third-order valence-corrected chi connectivity index (χ3v) is 3.53. The van der Waals surface area contributed by atoms with E-state index in [1.807, 2.05) is 6.07 Å². The van der Waals surface area contributed by atoms with E-state index in [9.17, 15) is 4.79 Å². The molecule has 2 heterocycles. The van der Waals surface area contributed by atoms with Crippen LogP contribution in [0.5, 0.6) is 11.6 Å². The number of urea groups is 1. The zero-order valence-electron chi connectivity index (χ0n) is 14.7. The summed E-state index contributed by atoms with van der Waals surface area (Å²) in [5.41, 5.74) is 1.00. The Morgan fingerprint density at radius 1 is 1.33 bits per heavy atom. The van der Waals surface area contributed by atoms with Crippen molar-refractivity contribution in [2.45, 2.75) is 19.9 Å². The van der Waals surface area contributed by atoms with E-state index in [1.165, 1.54) is 6.20 Å². The minimum absolute atomic E-state index is 0.348. The Morgan fingerprint density at radius 2 is 2.19 bits per heavy atom. The largest absolute Gasteiger partial charge is 0.439 e. The van der Waals surface area contributed by atoms with Crippen molar-refractivity contribution in [2.24, 2.45) is 0 Å². The Balaban J connectivity index is 1.57. The van der Waals surface area contributed by atoms with E-state index in [1.54, 1.807) is 50.2 Å². The maximum absolute atomic E-state index is 12.1. The highest BCUT2D eigenvalue weighted by Crippen LogP contribution is 2.21. The van der Waals surface area contributed by atoms with Crippen molar-refractivity contribution in [1.82, 2.24) is 25.5 Å². The molecule has 0 aliphatic heterocycles. The molecule has 1 unspecified atom stereocenters. The van der Waals surface area contributed by atoms with E-state index in [4.69, 9.17) is 10.00 Å². The van der Waals surface area contributed by atoms with Crippen LogP contribution >= 0.6 is 0 Å². The molecule has 136 valence electrons. The number of nitrogens with zero attached hydrogens (tertiary/aromatic N) is 4. The predicted octanol–water partition coefficient (Wildman–Crippen LogP) is 3.05. The van der Waals surface area contributed by atoms with E-state index in [2.05, 4.69) is 30.8 Å². The first-order valence-corrected chi connectivity index (χ1v) is 8.14. The zero-order chi connectivity index (χ0) is 19.2. The van der Waals surface area contributed by atoms with Crippen molar-refractivity contribution in [1.29, 1.82) is 5.26 Å². The Bertz CT molecular complexity index is 976. The van der Waals surface area contributed by atoms with Crippen LogP contribution in [0.25, 0.3) is 0 Å². The standard InChI is InChI=1S/C18H17N7O2/c1-11(17-22-12(2)24-25-17)21-18(26)23-14-6-7-16(20-10-14)27-15-5-3-4-13(8-15)9-19/h3-8,10-11H,1-2H3,(H2,21,23,26)(H,22,24,25). The number of aromatic amines is 1. The highest BCUT2D eigenvalue weighted by Gasteiger charge is 2.13. The molecule has 0 saturated carbocycles. The van der Waals surface area contributed by atoms with Crippen molar-refractivity contribution >= 4 is 11.7 Å². The third kappa shape index (κ3) is 4.79. The van der Waals surface area contributed by atoms with Gasteiger partial charge in [0.15, 0.2) is 5.82 Å². The summed E-state index contributed by atoms with van der Waals surface area (Å²) in [4.78, 5) is 20.4. The molecule has 0 fully saturated rings. The summed E-state index contributed by atoms with van der Waals surface area (Å²) in [5, 5.41) is 21.1. The van der Waals surface area contributed by atoms with Crippen LogP contribution < -0.4 is 15.4 Å². The molecular formula is C18H17N7O2. The Morgan fingerprint density at radius 3 is 2.85 bits per heavy atom. The van der Waals surface area contributed by atoms with Gasteiger partial charge >= 0.3 is 6.03 Å². The topological polar surface area (TPSA) is 129 Å². The number of amides is 2. The van der Waals surface area contributed by atoms with Gasteiger partial charge in [-0.05, 0) is 38.1 Å². The Kier molecular flexibility index (Phi) is 5.28. The molecule has 9 heteroatoms. The normalized spacial score (nSPS) is 11.3. The van der Waals surface area contributed by atoms with Crippen LogP contribution in [0.3, 0.4) is 0 Å². The first-order valence-electron chi connectivity index (χ1n) is 8.14. The average molecular weight is 363 g/mol. The molecule has 0 spiro atoms. The second-order valence-electron chi connectivity index (χ2n) is 5.73. The fourth-order valence-electron chi connectivity index (χ4n) is 2.25. The van der Waals surface area contributed by atoms with Crippen molar-refractivity contribution in [3.8, 4) is 17.7 Å². The molecule has 1 aromatic carbocycles. The number of ether oxygens (including phenoxy) is 1. The SMILES string of the molecule is Cc1nc(C(C)NC(=O)Nc2ccc(Oc3cccc(C#N)c3)nc2)n[nH]1. The minimum Gasteiger partial charge on any atom is -0.439 e. The number of benzene rings is 1. The fraction of sp³-hybridized carbons (Fsp3) is 0.167. The summed E-state index contributed by atoms with van der Waals surface area (Å²) < 4.78 is 5.59. The summed E-state index contributed by atoms with van der Waals surface area (Å²) in [5.74, 6) is 2.04. The van der Waals surface area contributed by atoms with Crippen LogP contribution in [0.15, 0.2) is 42.6 Å². The summed E-state index contributed by atoms with van der Waals surface area (Å²) >= 11 is 0. The molecule has 3 aromatic rings. The van der Waals surface area contributed by atoms with E-state index in [-0.39, 0.29) is 6.04 Å². The van der Waals surface area contributed by atoms with Crippen LogP contribution in [0, 0.1) is 18.3 Å². The molecule has 0 aliphatic rings. The number of anilines is 1. The number of rotatable bonds is 5. The second kappa shape index (κ2) is 7.97. The van der Waals surface area contributed by atoms with Gasteiger partial charge in [-0.2, -0.15) is 10.4 Å². The van der Waals surface area contributed by atoms with Crippen LogP contribution in [-0.2, 0) is 0 Å². The molecule has 9 nitrogen and oxygen atoms in total. The molecule has 27 heavy (non-hydrogen) atoms. The Hall–Kier alpha value is -3.93. The predicted molar refractivity (Wildman–Crippen MR) is 97.2 cm³/mol. The zero-order valence-corrected chi connectivity index (χ0v) is 14.7. The van der Waals surface area contributed by atoms with Crippen molar-refractivity contribution in [3.05, 3.63) is 59.8 Å². The summed E-state index contributed by atoms with van der Waals surface area (Å²) in [6.45, 7) is 3.57. The van der Waals surface area contributed by atoms with Gasteiger partial charge in [0, 0.05) is 6.07 Å². The van der Waals surface area contributed by atoms with Gasteiger partial charge in [0.25, 0.3) is 0 Å². The highest BCUT2D eigenvalue weighted by atomic mass is 16.5. The molecule has 2 aromatic heterocycles. The minimum atomic E-state index is -0.401. The van der Waals surface area contributed by atoms with Crippen molar-refractivity contribution in [3.63, 3.8) is 0 Å². The van der Waals surface area contributed by atoms with Gasteiger partial charge in [0.1, 0.15) is 11.6 Å². The number of carbonyl (C=O) groups is 1. The van der Waals surface area contributed by atoms with Gasteiger partial charge in [0.05, 0.1) is 29.6 Å². The number of aryl methyl sites for hydroxylation is 1. The van der Waals surface area contributed by atoms with Crippen LogP contribution in [0.4, 0.5) is 10.5 Å². The first-order chi connectivity index (χ1) is 13.0. The van der Waals surface area contributed by atoms with E-state index in [0.29, 0.717) is 34.5 Å². The maximum atomic E-state index is 12.1. The number of hydrogen-bond donors (Lipinski definition) is 3. The highest BCUT2D eigenvalue weighted by molar-refractivity contribution is 5.89. The summed E-state index contributed by atoms with van der Waals surface area (Å²) in [6, 6.07) is 11.3. The van der Waals surface area contributed by atoms with Gasteiger partial charge in [-0.25, -0.2) is 14.8 Å². The van der Waals surface area contributed by atoms with E-state index in [0.717, 1.165) is 0 Å². The lowest BCUT2D eigenvalue weighted by Gasteiger charge is -2.12. The number of nitriles is 1. The smallest absolute Gasteiger partial charge is 0.319 e. The van der Waals surface area contributed by atoms with Crippen molar-refractivity contribution < 1.29 is 9.53 Å². The number of pyridine rings is 1. The number of carbonyl (C=O) groups excluding carboxylic acids is 1. The lowest BCUT2D eigenvalue weighted by molar-refractivity contribution is 0.249. The van der Waals surface area contributed by atoms with Crippen LogP contribution in [-0.4, -0.2) is 26.2 Å². The van der Waals surface area contributed by atoms with E-state index >= 15 is 0 Å². The number of nitrogens with one attached hydrogen (secondary N) is 3. The van der Waals surface area contributed by atoms with Crippen LogP contribution in [0.2, 0.25) is 0 Å². The Labute approximate surface area is 155 Å². The van der Waals surface area contributed by atoms with Gasteiger partial charge in [-0.15, -0.1) is 0 Å². The quantitative estimate of drug-likeness (QED) is 0.639. The lowest BCUT2D eigenvalue weighted by atomic mass is 10.2. The molecular weight excluding hydrogens is 346 g/mol. The van der Waals surface area contributed by atoms with Gasteiger partial charge in [-0.1, -0.05) is 6.07 Å². The monoisotopic (exact) mass is 363 g/mol. The summed E-state index contributed by atoms with van der Waals surface area (Å²) in [6.07, 6.45) is 1.48. The molecule has 0 aliphatic carbocycles. The second-order valence-corrected chi connectivity index (χ2v) is 5.73.